The highest BCUT2D eigenvalue weighted by Gasteiger charge is 2.17. The molecule has 9 heteroatoms. The molecule has 164 valence electrons. The standard InChI is InChI=1S/C23H23N5O3S/c1-4-31-17-10-8-16(9-11-17)28-22(30)18-12-24-27-21(18)26-23(28)32-13-19(29)25-20-14(2)6-5-7-15(20)3/h5-12H,4,13H2,1-3H3,(H,24,27)(H,25,29). The zero-order valence-electron chi connectivity index (χ0n) is 18.0. The van der Waals surface area contributed by atoms with Gasteiger partial charge in [0, 0.05) is 5.69 Å². The summed E-state index contributed by atoms with van der Waals surface area (Å²) in [5.41, 5.74) is 3.55. The quantitative estimate of drug-likeness (QED) is 0.328. The largest absolute Gasteiger partial charge is 0.494 e. The van der Waals surface area contributed by atoms with Crippen LogP contribution in [0.1, 0.15) is 18.1 Å². The first-order valence-corrected chi connectivity index (χ1v) is 11.1. The molecule has 0 spiro atoms. The minimum absolute atomic E-state index is 0.0941. The van der Waals surface area contributed by atoms with E-state index in [9.17, 15) is 9.59 Å². The van der Waals surface area contributed by atoms with Gasteiger partial charge in [0.05, 0.1) is 24.2 Å². The molecule has 0 radical (unpaired) electrons. The Labute approximate surface area is 189 Å². The summed E-state index contributed by atoms with van der Waals surface area (Å²) in [5.74, 6) is 0.630. The molecule has 4 rings (SSSR count). The third kappa shape index (κ3) is 4.38. The second-order valence-electron chi connectivity index (χ2n) is 7.20. The Balaban J connectivity index is 1.63. The van der Waals surface area contributed by atoms with Crippen LogP contribution >= 0.6 is 11.8 Å². The summed E-state index contributed by atoms with van der Waals surface area (Å²) in [6, 6.07) is 13.0. The van der Waals surface area contributed by atoms with Gasteiger partial charge >= 0.3 is 0 Å². The third-order valence-electron chi connectivity index (χ3n) is 4.94. The van der Waals surface area contributed by atoms with Crippen LogP contribution < -0.4 is 15.6 Å². The molecule has 0 bridgehead atoms. The Morgan fingerprint density at radius 3 is 2.56 bits per heavy atom. The molecule has 8 nitrogen and oxygen atoms in total. The molecule has 0 saturated carbocycles. The lowest BCUT2D eigenvalue weighted by atomic mass is 10.1. The number of para-hydroxylation sites is 1. The number of benzene rings is 2. The topological polar surface area (TPSA) is 102 Å². The number of rotatable bonds is 7. The highest BCUT2D eigenvalue weighted by molar-refractivity contribution is 7.99. The second-order valence-corrected chi connectivity index (χ2v) is 8.14. The Kier molecular flexibility index (Phi) is 6.27. The predicted octanol–water partition coefficient (Wildman–Crippen LogP) is 3.86. The summed E-state index contributed by atoms with van der Waals surface area (Å²) in [5, 5.41) is 10.4. The van der Waals surface area contributed by atoms with Crippen molar-refractivity contribution < 1.29 is 9.53 Å². The summed E-state index contributed by atoms with van der Waals surface area (Å²) in [7, 11) is 0. The number of carbonyl (C=O) groups excluding carboxylic acids is 1. The van der Waals surface area contributed by atoms with E-state index in [0.717, 1.165) is 16.8 Å². The van der Waals surface area contributed by atoms with Crippen molar-refractivity contribution in [3.05, 3.63) is 70.1 Å². The number of carbonyl (C=O) groups is 1. The van der Waals surface area contributed by atoms with Crippen molar-refractivity contribution in [1.29, 1.82) is 0 Å². The molecular weight excluding hydrogens is 426 g/mol. The molecule has 2 heterocycles. The van der Waals surface area contributed by atoms with Crippen molar-refractivity contribution in [3.63, 3.8) is 0 Å². The van der Waals surface area contributed by atoms with Gasteiger partial charge in [-0.05, 0) is 56.2 Å². The number of ether oxygens (including phenoxy) is 1. The van der Waals surface area contributed by atoms with Crippen LogP contribution in [0.15, 0.2) is 58.6 Å². The van der Waals surface area contributed by atoms with E-state index >= 15 is 0 Å². The SMILES string of the molecule is CCOc1ccc(-n2c(SCC(=O)Nc3c(C)cccc3C)nc3[nH]ncc3c2=O)cc1. The normalized spacial score (nSPS) is 11.0. The van der Waals surface area contributed by atoms with Gasteiger partial charge in [0.1, 0.15) is 11.1 Å². The molecule has 2 aromatic heterocycles. The summed E-state index contributed by atoms with van der Waals surface area (Å²) in [4.78, 5) is 30.4. The van der Waals surface area contributed by atoms with Crippen LogP contribution in [0.4, 0.5) is 5.69 Å². The van der Waals surface area contributed by atoms with Crippen molar-refractivity contribution in [1.82, 2.24) is 19.7 Å². The van der Waals surface area contributed by atoms with Gasteiger partial charge in [-0.3, -0.25) is 19.3 Å². The number of amides is 1. The summed E-state index contributed by atoms with van der Waals surface area (Å²) in [6.45, 7) is 6.37. The van der Waals surface area contributed by atoms with Gasteiger partial charge in [0.2, 0.25) is 5.91 Å². The number of thioether (sulfide) groups is 1. The summed E-state index contributed by atoms with van der Waals surface area (Å²) < 4.78 is 6.98. The van der Waals surface area contributed by atoms with E-state index in [-0.39, 0.29) is 17.2 Å². The molecule has 0 aliphatic heterocycles. The molecule has 0 fully saturated rings. The van der Waals surface area contributed by atoms with Crippen LogP contribution in [0.5, 0.6) is 5.75 Å². The van der Waals surface area contributed by atoms with Crippen LogP contribution in [0.25, 0.3) is 16.7 Å². The Morgan fingerprint density at radius 2 is 1.88 bits per heavy atom. The third-order valence-corrected chi connectivity index (χ3v) is 5.87. The Bertz CT molecular complexity index is 1310. The van der Waals surface area contributed by atoms with E-state index in [1.165, 1.54) is 22.5 Å². The first-order chi connectivity index (χ1) is 15.5. The average Bonchev–Trinajstić information content (AvgIpc) is 3.25. The molecule has 0 atom stereocenters. The van der Waals surface area contributed by atoms with Crippen molar-refractivity contribution in [3.8, 4) is 11.4 Å². The van der Waals surface area contributed by atoms with Crippen LogP contribution in [-0.2, 0) is 4.79 Å². The van der Waals surface area contributed by atoms with Crippen LogP contribution in [0.3, 0.4) is 0 Å². The van der Waals surface area contributed by atoms with Crippen molar-refractivity contribution in [2.45, 2.75) is 25.9 Å². The fraction of sp³-hybridized carbons (Fsp3) is 0.217. The fourth-order valence-corrected chi connectivity index (χ4v) is 4.18. The van der Waals surface area contributed by atoms with E-state index in [1.807, 2.05) is 39.0 Å². The molecular formula is C23H23N5O3S. The lowest BCUT2D eigenvalue weighted by Crippen LogP contribution is -2.22. The lowest BCUT2D eigenvalue weighted by molar-refractivity contribution is -0.113. The highest BCUT2D eigenvalue weighted by atomic mass is 32.2. The second kappa shape index (κ2) is 9.27. The van der Waals surface area contributed by atoms with Gasteiger partial charge in [-0.2, -0.15) is 5.10 Å². The first kappa shape index (κ1) is 21.6. The van der Waals surface area contributed by atoms with Crippen molar-refractivity contribution in [2.24, 2.45) is 0 Å². The number of aromatic nitrogens is 4. The molecule has 1 amide bonds. The molecule has 0 aliphatic carbocycles. The molecule has 32 heavy (non-hydrogen) atoms. The molecule has 2 N–H and O–H groups in total. The van der Waals surface area contributed by atoms with Gasteiger partial charge in [-0.1, -0.05) is 30.0 Å². The van der Waals surface area contributed by atoms with E-state index in [0.29, 0.717) is 34.2 Å². The number of hydrogen-bond acceptors (Lipinski definition) is 6. The zero-order chi connectivity index (χ0) is 22.7. The van der Waals surface area contributed by atoms with E-state index in [1.54, 1.807) is 24.3 Å². The van der Waals surface area contributed by atoms with E-state index < -0.39 is 0 Å². The first-order valence-electron chi connectivity index (χ1n) is 10.2. The van der Waals surface area contributed by atoms with Crippen LogP contribution in [0.2, 0.25) is 0 Å². The number of anilines is 1. The van der Waals surface area contributed by atoms with Crippen molar-refractivity contribution >= 4 is 34.4 Å². The van der Waals surface area contributed by atoms with Crippen LogP contribution in [0, 0.1) is 13.8 Å². The minimum Gasteiger partial charge on any atom is -0.494 e. The molecule has 4 aromatic rings. The zero-order valence-corrected chi connectivity index (χ0v) is 18.8. The highest BCUT2D eigenvalue weighted by Crippen LogP contribution is 2.24. The van der Waals surface area contributed by atoms with Gasteiger partial charge in [-0.25, -0.2) is 4.98 Å². The van der Waals surface area contributed by atoms with Gasteiger partial charge in [-0.15, -0.1) is 0 Å². The molecule has 0 unspecified atom stereocenters. The average molecular weight is 450 g/mol. The van der Waals surface area contributed by atoms with Crippen molar-refractivity contribution in [2.75, 3.05) is 17.7 Å². The Hall–Kier alpha value is -3.59. The Morgan fingerprint density at radius 1 is 1.16 bits per heavy atom. The number of nitrogens with zero attached hydrogens (tertiary/aromatic N) is 3. The van der Waals surface area contributed by atoms with Crippen LogP contribution in [-0.4, -0.2) is 38.0 Å². The summed E-state index contributed by atoms with van der Waals surface area (Å²) >= 11 is 1.19. The fourth-order valence-electron chi connectivity index (χ4n) is 3.37. The van der Waals surface area contributed by atoms with Gasteiger partial charge in [0.15, 0.2) is 10.8 Å². The number of aromatic amines is 1. The number of hydrogen-bond donors (Lipinski definition) is 2. The maximum absolute atomic E-state index is 13.2. The molecule has 0 aliphatic rings. The smallest absolute Gasteiger partial charge is 0.269 e. The van der Waals surface area contributed by atoms with E-state index in [2.05, 4.69) is 20.5 Å². The molecule has 2 aromatic carbocycles. The van der Waals surface area contributed by atoms with Gasteiger partial charge in [0.25, 0.3) is 5.56 Å². The maximum atomic E-state index is 13.2. The number of fused-ring (bicyclic) bond motifs is 1. The monoisotopic (exact) mass is 449 g/mol. The predicted molar refractivity (Wildman–Crippen MR) is 126 cm³/mol. The minimum atomic E-state index is -0.259. The summed E-state index contributed by atoms with van der Waals surface area (Å²) in [6.07, 6.45) is 1.46. The lowest BCUT2D eigenvalue weighted by Gasteiger charge is -2.14. The maximum Gasteiger partial charge on any atom is 0.269 e. The number of H-pyrrole nitrogens is 1. The van der Waals surface area contributed by atoms with E-state index in [4.69, 9.17) is 4.74 Å². The number of nitrogens with one attached hydrogen (secondary N) is 2. The van der Waals surface area contributed by atoms with Gasteiger partial charge < -0.3 is 10.1 Å². The number of aryl methyl sites for hydroxylation is 2. The molecule has 0 saturated heterocycles.